The van der Waals surface area contributed by atoms with E-state index in [1.54, 1.807) is 0 Å². The summed E-state index contributed by atoms with van der Waals surface area (Å²) in [6.07, 6.45) is -31.1. The summed E-state index contributed by atoms with van der Waals surface area (Å²) in [6, 6.07) is -6.87. The Hall–Kier alpha value is -1.42. The molecule has 7 nitrogen and oxygen atoms in total. The molecule has 0 amide bonds. The summed E-state index contributed by atoms with van der Waals surface area (Å²) in [4.78, 5) is 10.9. The molecule has 0 N–H and O–H groups in total. The SMILES string of the molecule is [N-]=[N+]=NC(F)(F)C(F)(F)C(F)(F)OC(F)(C(F)(F)F)C(F)(F)OC(F)(C(=O)[O-])C(F)(F)F.[Na+]. The van der Waals surface area contributed by atoms with Gasteiger partial charge in [0.2, 0.25) is 0 Å². The first-order valence-corrected chi connectivity index (χ1v) is 6.37. The van der Waals surface area contributed by atoms with Crippen LogP contribution in [0, 0.1) is 0 Å². The van der Waals surface area contributed by atoms with Crippen LogP contribution in [-0.2, 0) is 14.3 Å². The third kappa shape index (κ3) is 5.81. The standard InChI is InChI=1S/C9HF16N3O4.Na/c10-2(1(29)30,5(14,15)16)31-9(24,25)4(13,6(17,18)19)32-8(22,23)3(11,12)7(20,21)27-28-26;/h(H,29,30);/q;+1/p-1. The number of halogens is 16. The number of rotatable bonds is 9. The van der Waals surface area contributed by atoms with Crippen molar-refractivity contribution in [3.05, 3.63) is 10.4 Å². The molecule has 2 unspecified atom stereocenters. The summed E-state index contributed by atoms with van der Waals surface area (Å²) in [7, 11) is 0. The molecule has 0 spiro atoms. The first kappa shape index (κ1) is 33.8. The largest absolute Gasteiger partial charge is 1.00 e. The Morgan fingerprint density at radius 2 is 1.12 bits per heavy atom. The quantitative estimate of drug-likeness (QED) is 0.108. The van der Waals surface area contributed by atoms with Crippen molar-refractivity contribution in [2.75, 3.05) is 0 Å². The minimum atomic E-state index is -8.09. The predicted molar refractivity (Wildman–Crippen MR) is 55.9 cm³/mol. The van der Waals surface area contributed by atoms with Crippen molar-refractivity contribution in [2.45, 2.75) is 48.2 Å². The van der Waals surface area contributed by atoms with E-state index < -0.39 is 54.2 Å². The van der Waals surface area contributed by atoms with Gasteiger partial charge >= 0.3 is 77.8 Å². The predicted octanol–water partition coefficient (Wildman–Crippen LogP) is 0.954. The maximum absolute atomic E-state index is 13.7. The van der Waals surface area contributed by atoms with Crippen LogP contribution in [0.5, 0.6) is 0 Å². The van der Waals surface area contributed by atoms with Gasteiger partial charge in [-0.05, 0) is 10.6 Å². The molecule has 0 fully saturated rings. The van der Waals surface area contributed by atoms with E-state index in [-0.39, 0.29) is 29.6 Å². The summed E-state index contributed by atoms with van der Waals surface area (Å²) in [5, 5.41) is 10.7. The zero-order valence-corrected chi connectivity index (χ0v) is 16.5. The van der Waals surface area contributed by atoms with Gasteiger partial charge in [-0.3, -0.25) is 9.47 Å². The Morgan fingerprint density at radius 1 is 0.727 bits per heavy atom. The Bertz CT molecular complexity index is 780. The molecule has 0 bridgehead atoms. The maximum Gasteiger partial charge on any atom is 1.00 e. The molecule has 0 aromatic rings. The third-order valence-electron chi connectivity index (χ3n) is 2.82. The third-order valence-corrected chi connectivity index (χ3v) is 2.82. The average molecular weight is 541 g/mol. The fourth-order valence-corrected chi connectivity index (χ4v) is 1.27. The van der Waals surface area contributed by atoms with Crippen molar-refractivity contribution in [1.82, 2.24) is 0 Å². The fourth-order valence-electron chi connectivity index (χ4n) is 1.27. The van der Waals surface area contributed by atoms with Crippen LogP contribution in [0.25, 0.3) is 10.4 Å². The summed E-state index contributed by atoms with van der Waals surface area (Å²) in [5.74, 6) is -27.4. The maximum atomic E-state index is 13.7. The van der Waals surface area contributed by atoms with Crippen molar-refractivity contribution < 1.29 is 119 Å². The van der Waals surface area contributed by atoms with Gasteiger partial charge in [0, 0.05) is 4.91 Å². The van der Waals surface area contributed by atoms with Gasteiger partial charge in [-0.1, -0.05) is 0 Å². The van der Waals surface area contributed by atoms with E-state index in [0.717, 1.165) is 4.91 Å². The molecule has 33 heavy (non-hydrogen) atoms. The van der Waals surface area contributed by atoms with Crippen LogP contribution in [0.1, 0.15) is 0 Å². The Balaban J connectivity index is 0. The number of nitrogens with zero attached hydrogens (tertiary/aromatic N) is 3. The van der Waals surface area contributed by atoms with Gasteiger partial charge in [-0.25, -0.2) is 0 Å². The summed E-state index contributed by atoms with van der Waals surface area (Å²) >= 11 is 0. The van der Waals surface area contributed by atoms with Crippen molar-refractivity contribution in [2.24, 2.45) is 5.11 Å². The van der Waals surface area contributed by atoms with Crippen LogP contribution >= 0.6 is 0 Å². The molecule has 0 heterocycles. The van der Waals surface area contributed by atoms with E-state index in [1.165, 1.54) is 9.47 Å². The first-order valence-electron chi connectivity index (χ1n) is 6.37. The second kappa shape index (κ2) is 9.32. The first-order chi connectivity index (χ1) is 13.7. The molecular weight excluding hydrogens is 541 g/mol. The van der Waals surface area contributed by atoms with E-state index >= 15 is 0 Å². The van der Waals surface area contributed by atoms with E-state index in [4.69, 9.17) is 5.53 Å². The van der Waals surface area contributed by atoms with Gasteiger partial charge in [0.25, 0.3) is 0 Å². The van der Waals surface area contributed by atoms with Crippen LogP contribution < -0.4 is 34.7 Å². The molecule has 188 valence electrons. The van der Waals surface area contributed by atoms with E-state index in [1.807, 2.05) is 0 Å². The van der Waals surface area contributed by atoms with E-state index in [2.05, 4.69) is 0 Å². The second-order valence-electron chi connectivity index (χ2n) is 5.02. The number of ether oxygens (including phenoxy) is 2. The second-order valence-corrected chi connectivity index (χ2v) is 5.02. The molecule has 24 heteroatoms. The summed E-state index contributed by atoms with van der Waals surface area (Å²) in [6.45, 7) is 0. The number of carbonyl (C=O) groups is 1. The summed E-state index contributed by atoms with van der Waals surface area (Å²) in [5.41, 5.74) is 7.53. The van der Waals surface area contributed by atoms with Crippen LogP contribution in [-0.4, -0.2) is 54.2 Å². The average Bonchev–Trinajstić information content (AvgIpc) is 2.50. The Kier molecular flexibility index (Phi) is 9.53. The number of hydrogen-bond acceptors (Lipinski definition) is 5. The molecule has 0 aliphatic heterocycles. The Labute approximate surface area is 189 Å². The van der Waals surface area contributed by atoms with Crippen LogP contribution in [0.3, 0.4) is 0 Å². The molecule has 0 radical (unpaired) electrons. The number of carbonyl (C=O) groups excluding carboxylic acids is 1. The van der Waals surface area contributed by atoms with E-state index in [0.29, 0.717) is 5.11 Å². The van der Waals surface area contributed by atoms with Gasteiger partial charge in [0.05, 0.1) is 0 Å². The van der Waals surface area contributed by atoms with E-state index in [9.17, 15) is 80.1 Å². The topological polar surface area (TPSA) is 107 Å². The zero-order chi connectivity index (χ0) is 26.4. The fraction of sp³-hybridized carbons (Fsp3) is 0.889. The number of carboxylic acid groups (broad SMARTS) is 1. The summed E-state index contributed by atoms with van der Waals surface area (Å²) < 4.78 is 209. The van der Waals surface area contributed by atoms with Crippen molar-refractivity contribution in [1.29, 1.82) is 0 Å². The molecule has 0 rings (SSSR count). The van der Waals surface area contributed by atoms with Gasteiger partial charge in [0.1, 0.15) is 5.97 Å². The zero-order valence-electron chi connectivity index (χ0n) is 14.5. The molecule has 0 saturated heterocycles. The smallest absolute Gasteiger partial charge is 0.544 e. The van der Waals surface area contributed by atoms with Crippen molar-refractivity contribution in [3.8, 4) is 0 Å². The Morgan fingerprint density at radius 3 is 1.39 bits per heavy atom. The number of carboxylic acids is 1. The minimum Gasteiger partial charge on any atom is -0.544 e. The minimum absolute atomic E-state index is 0. The van der Waals surface area contributed by atoms with Gasteiger partial charge in [-0.2, -0.15) is 70.2 Å². The molecule has 0 aliphatic carbocycles. The molecule has 0 saturated carbocycles. The molecule has 0 aromatic carbocycles. The number of aliphatic carboxylic acids is 1. The van der Waals surface area contributed by atoms with Gasteiger partial charge in [0.15, 0.2) is 0 Å². The number of alkyl halides is 16. The molecular formula is C9F16N3NaO4. The van der Waals surface area contributed by atoms with Crippen LogP contribution in [0.15, 0.2) is 5.11 Å². The van der Waals surface area contributed by atoms with Crippen LogP contribution in [0.2, 0.25) is 0 Å². The number of hydrogen-bond donors (Lipinski definition) is 0. The molecule has 2 atom stereocenters. The molecule has 0 aliphatic rings. The van der Waals surface area contributed by atoms with Gasteiger partial charge in [-0.15, -0.1) is 0 Å². The monoisotopic (exact) mass is 541 g/mol. The van der Waals surface area contributed by atoms with Gasteiger partial charge < -0.3 is 9.90 Å². The van der Waals surface area contributed by atoms with Crippen LogP contribution in [0.4, 0.5) is 70.2 Å². The normalized spacial score (nSPS) is 17.8. The molecule has 0 aromatic heterocycles. The number of azide groups is 1. The van der Waals surface area contributed by atoms with Crippen molar-refractivity contribution in [3.63, 3.8) is 0 Å². The van der Waals surface area contributed by atoms with Crippen molar-refractivity contribution >= 4 is 5.97 Å².